The highest BCUT2D eigenvalue weighted by Crippen LogP contribution is 2.25. The maximum atomic E-state index is 12.7. The zero-order chi connectivity index (χ0) is 18.3. The minimum atomic E-state index is -0.0861. The van der Waals surface area contributed by atoms with E-state index in [1.807, 2.05) is 37.1 Å². The number of likely N-dealkylation sites (tertiary alicyclic amines) is 2. The zero-order valence-corrected chi connectivity index (χ0v) is 16.0. The van der Waals surface area contributed by atoms with Crippen molar-refractivity contribution in [3.05, 3.63) is 29.5 Å². The van der Waals surface area contributed by atoms with Crippen LogP contribution < -0.4 is 5.32 Å². The number of hydrogen-bond donors (Lipinski definition) is 1. The Bertz CT molecular complexity index is 841. The number of rotatable bonds is 3. The third-order valence-corrected chi connectivity index (χ3v) is 6.37. The Morgan fingerprint density at radius 1 is 1.23 bits per heavy atom. The molecule has 2 fully saturated rings. The number of likely N-dealkylation sites (N-methyl/N-ethyl adjacent to an activating group) is 1. The summed E-state index contributed by atoms with van der Waals surface area (Å²) in [6.07, 6.45) is 2.66. The van der Waals surface area contributed by atoms with E-state index in [0.29, 0.717) is 5.69 Å². The van der Waals surface area contributed by atoms with Gasteiger partial charge in [-0.1, -0.05) is 11.6 Å². The van der Waals surface area contributed by atoms with Gasteiger partial charge in [0.2, 0.25) is 5.91 Å². The van der Waals surface area contributed by atoms with Gasteiger partial charge in [0.1, 0.15) is 5.69 Å². The van der Waals surface area contributed by atoms with Crippen molar-refractivity contribution < 1.29 is 9.59 Å². The lowest BCUT2D eigenvalue weighted by molar-refractivity contribution is -0.131. The van der Waals surface area contributed by atoms with E-state index in [2.05, 4.69) is 14.6 Å². The lowest BCUT2D eigenvalue weighted by Gasteiger charge is -2.35. The minimum absolute atomic E-state index is 0.0297. The molecule has 6 nitrogen and oxygen atoms in total. The number of piperidine rings is 1. The minimum Gasteiger partial charge on any atom is -0.348 e. The van der Waals surface area contributed by atoms with Crippen LogP contribution in [0.25, 0.3) is 10.1 Å². The van der Waals surface area contributed by atoms with Crippen LogP contribution in [0.4, 0.5) is 0 Å². The molecule has 7 heteroatoms. The number of aryl methyl sites for hydroxylation is 1. The third-order valence-electron chi connectivity index (χ3n) is 5.55. The molecule has 4 rings (SSSR count). The van der Waals surface area contributed by atoms with Crippen molar-refractivity contribution in [3.63, 3.8) is 0 Å². The second kappa shape index (κ2) is 6.96. The monoisotopic (exact) mass is 372 g/mol. The molecule has 2 aliphatic heterocycles. The summed E-state index contributed by atoms with van der Waals surface area (Å²) in [6.45, 7) is 4.57. The molecule has 0 aliphatic carbocycles. The molecule has 0 spiro atoms. The van der Waals surface area contributed by atoms with Crippen LogP contribution in [0, 0.1) is 6.92 Å². The van der Waals surface area contributed by atoms with Crippen molar-refractivity contribution in [2.24, 2.45) is 0 Å². The molecule has 1 unspecified atom stereocenters. The number of carbonyl (C=O) groups excluding carboxylic acids is 2. The summed E-state index contributed by atoms with van der Waals surface area (Å²) in [6, 6.07) is 6.27. The number of hydrogen-bond acceptors (Lipinski definition) is 5. The van der Waals surface area contributed by atoms with Gasteiger partial charge in [-0.25, -0.2) is 0 Å². The summed E-state index contributed by atoms with van der Waals surface area (Å²) in [5.74, 6) is 0.147. The average Bonchev–Trinajstić information content (AvgIpc) is 3.19. The molecule has 26 heavy (non-hydrogen) atoms. The predicted molar refractivity (Wildman–Crippen MR) is 102 cm³/mol. The molecule has 0 bridgehead atoms. The van der Waals surface area contributed by atoms with Crippen LogP contribution in [0.15, 0.2) is 18.2 Å². The molecule has 1 aromatic carbocycles. The first kappa shape index (κ1) is 17.4. The number of fused-ring (bicyclic) bond motifs is 1. The Kier molecular flexibility index (Phi) is 4.67. The van der Waals surface area contributed by atoms with Gasteiger partial charge in [0.15, 0.2) is 0 Å². The molecule has 2 amide bonds. The molecule has 0 saturated carbocycles. The van der Waals surface area contributed by atoms with E-state index in [1.54, 1.807) is 0 Å². The molecule has 0 radical (unpaired) electrons. The van der Waals surface area contributed by atoms with Gasteiger partial charge in [0.05, 0.1) is 10.7 Å². The van der Waals surface area contributed by atoms with E-state index < -0.39 is 0 Å². The number of amides is 2. The van der Waals surface area contributed by atoms with Crippen LogP contribution in [0.3, 0.4) is 0 Å². The van der Waals surface area contributed by atoms with Crippen LogP contribution >= 0.6 is 11.5 Å². The predicted octanol–water partition coefficient (Wildman–Crippen LogP) is 2.03. The van der Waals surface area contributed by atoms with E-state index in [9.17, 15) is 9.59 Å². The summed E-state index contributed by atoms with van der Waals surface area (Å²) in [5.41, 5.74) is 1.66. The maximum absolute atomic E-state index is 12.7. The van der Waals surface area contributed by atoms with E-state index in [-0.39, 0.29) is 23.9 Å². The first-order valence-corrected chi connectivity index (χ1v) is 9.96. The molecule has 2 aromatic rings. The van der Waals surface area contributed by atoms with Crippen molar-refractivity contribution in [3.8, 4) is 0 Å². The fraction of sp³-hybridized carbons (Fsp3) is 0.526. The highest BCUT2D eigenvalue weighted by atomic mass is 32.1. The molecule has 1 atom stereocenters. The SMILES string of the molecule is Cc1ccc2snc(C(=O)NC3CCN(C4CCN(C)C4=O)CC3)c2c1. The van der Waals surface area contributed by atoms with Crippen LogP contribution in [0.2, 0.25) is 0 Å². The van der Waals surface area contributed by atoms with E-state index >= 15 is 0 Å². The smallest absolute Gasteiger partial charge is 0.271 e. The summed E-state index contributed by atoms with van der Waals surface area (Å²) in [5, 5.41) is 4.08. The summed E-state index contributed by atoms with van der Waals surface area (Å²) in [7, 11) is 1.87. The fourth-order valence-electron chi connectivity index (χ4n) is 3.97. The first-order chi connectivity index (χ1) is 12.5. The van der Waals surface area contributed by atoms with Gasteiger partial charge < -0.3 is 10.2 Å². The van der Waals surface area contributed by atoms with Gasteiger partial charge in [-0.05, 0) is 49.9 Å². The standard InChI is InChI=1S/C19H24N4O2S/c1-12-3-4-16-14(11-12)17(21-26-16)18(24)20-13-5-9-23(10-6-13)15-7-8-22(2)19(15)25/h3-4,11,13,15H,5-10H2,1-2H3,(H,20,24). The van der Waals surface area contributed by atoms with E-state index in [1.165, 1.54) is 11.5 Å². The number of nitrogens with zero attached hydrogens (tertiary/aromatic N) is 3. The number of carbonyl (C=O) groups is 2. The Morgan fingerprint density at radius 2 is 2.00 bits per heavy atom. The maximum Gasteiger partial charge on any atom is 0.271 e. The van der Waals surface area contributed by atoms with E-state index in [4.69, 9.17) is 0 Å². The Labute approximate surface area is 157 Å². The summed E-state index contributed by atoms with van der Waals surface area (Å²) in [4.78, 5) is 29.0. The quantitative estimate of drug-likeness (QED) is 0.895. The van der Waals surface area contributed by atoms with Gasteiger partial charge >= 0.3 is 0 Å². The zero-order valence-electron chi connectivity index (χ0n) is 15.2. The van der Waals surface area contributed by atoms with Crippen molar-refractivity contribution in [2.45, 2.75) is 38.3 Å². The number of benzene rings is 1. The van der Waals surface area contributed by atoms with Crippen molar-refractivity contribution in [2.75, 3.05) is 26.7 Å². The van der Waals surface area contributed by atoms with Gasteiger partial charge in [-0.15, -0.1) is 0 Å². The summed E-state index contributed by atoms with van der Waals surface area (Å²) >= 11 is 1.37. The number of aromatic nitrogens is 1. The molecule has 2 saturated heterocycles. The Morgan fingerprint density at radius 3 is 2.69 bits per heavy atom. The van der Waals surface area contributed by atoms with Crippen LogP contribution in [0.1, 0.15) is 35.3 Å². The molecular weight excluding hydrogens is 348 g/mol. The molecule has 1 N–H and O–H groups in total. The first-order valence-electron chi connectivity index (χ1n) is 9.19. The third kappa shape index (κ3) is 3.21. The topological polar surface area (TPSA) is 65.5 Å². The Hall–Kier alpha value is -1.99. The highest BCUT2D eigenvalue weighted by Gasteiger charge is 2.36. The lowest BCUT2D eigenvalue weighted by Crippen LogP contribution is -2.50. The number of nitrogens with one attached hydrogen (secondary N) is 1. The second-order valence-electron chi connectivity index (χ2n) is 7.38. The fourth-order valence-corrected chi connectivity index (χ4v) is 4.72. The van der Waals surface area contributed by atoms with Crippen molar-refractivity contribution >= 4 is 33.4 Å². The molecule has 2 aliphatic rings. The average molecular weight is 372 g/mol. The van der Waals surface area contributed by atoms with Crippen molar-refractivity contribution in [1.82, 2.24) is 19.5 Å². The van der Waals surface area contributed by atoms with Gasteiger partial charge in [-0.2, -0.15) is 4.37 Å². The van der Waals surface area contributed by atoms with Gasteiger partial charge in [0, 0.05) is 38.1 Å². The van der Waals surface area contributed by atoms with Crippen LogP contribution in [0.5, 0.6) is 0 Å². The van der Waals surface area contributed by atoms with Crippen LogP contribution in [-0.2, 0) is 4.79 Å². The summed E-state index contributed by atoms with van der Waals surface area (Å²) < 4.78 is 5.41. The van der Waals surface area contributed by atoms with Gasteiger partial charge in [0.25, 0.3) is 5.91 Å². The normalized spacial score (nSPS) is 22.3. The van der Waals surface area contributed by atoms with Crippen molar-refractivity contribution in [1.29, 1.82) is 0 Å². The Balaban J connectivity index is 1.37. The molecule has 1 aromatic heterocycles. The molecule has 138 valence electrons. The second-order valence-corrected chi connectivity index (χ2v) is 8.18. The highest BCUT2D eigenvalue weighted by molar-refractivity contribution is 7.13. The molecular formula is C19H24N4O2S. The van der Waals surface area contributed by atoms with E-state index in [0.717, 1.165) is 54.5 Å². The van der Waals surface area contributed by atoms with Gasteiger partial charge in [-0.3, -0.25) is 14.5 Å². The lowest BCUT2D eigenvalue weighted by atomic mass is 10.0. The molecule has 3 heterocycles. The van der Waals surface area contributed by atoms with Crippen LogP contribution in [-0.4, -0.2) is 64.8 Å². The largest absolute Gasteiger partial charge is 0.348 e.